The number of aromatic nitrogens is 1. The molecule has 112 valence electrons. The van der Waals surface area contributed by atoms with Crippen molar-refractivity contribution in [1.82, 2.24) is 10.5 Å². The molecule has 0 fully saturated rings. The molecule has 0 radical (unpaired) electrons. The van der Waals surface area contributed by atoms with E-state index in [0.29, 0.717) is 0 Å². The third-order valence-corrected chi connectivity index (χ3v) is 3.73. The first-order valence-corrected chi connectivity index (χ1v) is 7.66. The van der Waals surface area contributed by atoms with E-state index in [2.05, 4.69) is 24.0 Å². The number of benzene rings is 1. The van der Waals surface area contributed by atoms with E-state index in [-0.39, 0.29) is 0 Å². The summed E-state index contributed by atoms with van der Waals surface area (Å²) in [7, 11) is 0. The van der Waals surface area contributed by atoms with E-state index in [9.17, 15) is 0 Å². The second-order valence-electron chi connectivity index (χ2n) is 5.31. The van der Waals surface area contributed by atoms with Crippen LogP contribution in [0.2, 0.25) is 0 Å². The molecular formula is C18H24N2O. The number of nitrogens with one attached hydrogen (secondary N) is 1. The molecule has 0 aliphatic carbocycles. The Morgan fingerprint density at radius 2 is 2.14 bits per heavy atom. The quantitative estimate of drug-likeness (QED) is 0.547. The molecule has 0 spiro atoms. The summed E-state index contributed by atoms with van der Waals surface area (Å²) in [6, 6.07) is 12.1. The highest BCUT2D eigenvalue weighted by molar-refractivity contribution is 5.58. The van der Waals surface area contributed by atoms with E-state index in [1.807, 2.05) is 42.5 Å². The van der Waals surface area contributed by atoms with Gasteiger partial charge in [0.1, 0.15) is 5.69 Å². The van der Waals surface area contributed by atoms with Crippen molar-refractivity contribution >= 4 is 0 Å². The molecule has 1 aromatic heterocycles. The lowest BCUT2D eigenvalue weighted by atomic mass is 9.99. The van der Waals surface area contributed by atoms with Gasteiger partial charge in [0.25, 0.3) is 0 Å². The number of rotatable bonds is 9. The van der Waals surface area contributed by atoms with E-state index < -0.39 is 0 Å². The predicted molar refractivity (Wildman–Crippen MR) is 86.9 cm³/mol. The van der Waals surface area contributed by atoms with E-state index >= 15 is 0 Å². The van der Waals surface area contributed by atoms with Gasteiger partial charge in [-0.25, -0.2) is 0 Å². The van der Waals surface area contributed by atoms with Gasteiger partial charge in [-0.3, -0.25) is 0 Å². The topological polar surface area (TPSA) is 38.1 Å². The SMILES string of the molecule is C=CCC(CC)CCNCc1cc(-c2ccccc2)no1. The van der Waals surface area contributed by atoms with E-state index in [0.717, 1.165) is 42.4 Å². The van der Waals surface area contributed by atoms with Crippen LogP contribution >= 0.6 is 0 Å². The summed E-state index contributed by atoms with van der Waals surface area (Å²) >= 11 is 0. The van der Waals surface area contributed by atoms with Crippen LogP contribution in [-0.4, -0.2) is 11.7 Å². The van der Waals surface area contributed by atoms with E-state index in [1.54, 1.807) is 0 Å². The summed E-state index contributed by atoms with van der Waals surface area (Å²) in [5.41, 5.74) is 1.98. The Kier molecular flexibility index (Phi) is 6.22. The minimum atomic E-state index is 0.726. The minimum Gasteiger partial charge on any atom is -0.359 e. The van der Waals surface area contributed by atoms with Gasteiger partial charge in [0.05, 0.1) is 6.54 Å². The minimum absolute atomic E-state index is 0.726. The van der Waals surface area contributed by atoms with Crippen LogP contribution in [0.15, 0.2) is 53.6 Å². The molecule has 1 atom stereocenters. The van der Waals surface area contributed by atoms with Crippen LogP contribution in [0, 0.1) is 5.92 Å². The number of nitrogens with zero attached hydrogens (tertiary/aromatic N) is 1. The second-order valence-corrected chi connectivity index (χ2v) is 5.31. The Labute approximate surface area is 127 Å². The smallest absolute Gasteiger partial charge is 0.151 e. The van der Waals surface area contributed by atoms with Gasteiger partial charge >= 0.3 is 0 Å². The van der Waals surface area contributed by atoms with Crippen molar-refractivity contribution in [3.05, 3.63) is 54.8 Å². The van der Waals surface area contributed by atoms with Crippen molar-refractivity contribution in [2.75, 3.05) is 6.54 Å². The molecule has 0 aliphatic heterocycles. The summed E-state index contributed by atoms with van der Waals surface area (Å²) < 4.78 is 5.37. The van der Waals surface area contributed by atoms with Gasteiger partial charge in [0, 0.05) is 11.6 Å². The fraction of sp³-hybridized carbons (Fsp3) is 0.389. The van der Waals surface area contributed by atoms with Gasteiger partial charge in [-0.1, -0.05) is 54.9 Å². The molecule has 1 N–H and O–H groups in total. The summed E-state index contributed by atoms with van der Waals surface area (Å²) in [6.45, 7) is 7.77. The normalized spacial score (nSPS) is 12.2. The lowest BCUT2D eigenvalue weighted by molar-refractivity contribution is 0.369. The lowest BCUT2D eigenvalue weighted by Gasteiger charge is -2.12. The molecule has 0 saturated heterocycles. The summed E-state index contributed by atoms with van der Waals surface area (Å²) in [5, 5.41) is 7.54. The first-order chi connectivity index (χ1) is 10.3. The largest absolute Gasteiger partial charge is 0.359 e. The lowest BCUT2D eigenvalue weighted by Crippen LogP contribution is -2.17. The molecule has 0 bridgehead atoms. The van der Waals surface area contributed by atoms with Gasteiger partial charge in [0.2, 0.25) is 0 Å². The van der Waals surface area contributed by atoms with Crippen LogP contribution in [-0.2, 0) is 6.54 Å². The highest BCUT2D eigenvalue weighted by atomic mass is 16.5. The van der Waals surface area contributed by atoms with Gasteiger partial charge in [-0.05, 0) is 25.3 Å². The molecule has 0 amide bonds. The molecule has 3 nitrogen and oxygen atoms in total. The van der Waals surface area contributed by atoms with Crippen molar-refractivity contribution < 1.29 is 4.52 Å². The molecular weight excluding hydrogens is 260 g/mol. The van der Waals surface area contributed by atoms with Gasteiger partial charge in [0.15, 0.2) is 5.76 Å². The fourth-order valence-corrected chi connectivity index (χ4v) is 2.38. The molecule has 2 aromatic rings. The number of hydrogen-bond donors (Lipinski definition) is 1. The van der Waals surface area contributed by atoms with Crippen LogP contribution in [0.5, 0.6) is 0 Å². The average molecular weight is 284 g/mol. The highest BCUT2D eigenvalue weighted by Crippen LogP contribution is 2.18. The summed E-state index contributed by atoms with van der Waals surface area (Å²) in [5.74, 6) is 1.61. The fourth-order valence-electron chi connectivity index (χ4n) is 2.38. The Balaban J connectivity index is 1.77. The summed E-state index contributed by atoms with van der Waals surface area (Å²) in [4.78, 5) is 0. The first-order valence-electron chi connectivity index (χ1n) is 7.66. The molecule has 1 aromatic carbocycles. The molecule has 3 heteroatoms. The standard InChI is InChI=1S/C18H24N2O/c1-3-8-15(4-2)11-12-19-14-17-13-18(20-21-17)16-9-6-5-7-10-16/h3,5-7,9-10,13,15,19H,1,4,8,11-12,14H2,2H3. The zero-order chi connectivity index (χ0) is 14.9. The van der Waals surface area contributed by atoms with E-state index in [4.69, 9.17) is 4.52 Å². The van der Waals surface area contributed by atoms with Crippen LogP contribution in [0.1, 0.15) is 31.9 Å². The van der Waals surface area contributed by atoms with E-state index in [1.165, 1.54) is 12.8 Å². The predicted octanol–water partition coefficient (Wildman–Crippen LogP) is 4.42. The maximum atomic E-state index is 5.37. The van der Waals surface area contributed by atoms with Crippen molar-refractivity contribution in [2.24, 2.45) is 5.92 Å². The zero-order valence-corrected chi connectivity index (χ0v) is 12.7. The zero-order valence-electron chi connectivity index (χ0n) is 12.7. The Hall–Kier alpha value is -1.87. The van der Waals surface area contributed by atoms with Crippen LogP contribution in [0.3, 0.4) is 0 Å². The second kappa shape index (κ2) is 8.42. The average Bonchev–Trinajstić information content (AvgIpc) is 3.00. The van der Waals surface area contributed by atoms with Crippen molar-refractivity contribution in [3.63, 3.8) is 0 Å². The first kappa shape index (κ1) is 15.5. The number of allylic oxidation sites excluding steroid dienone is 1. The van der Waals surface area contributed by atoms with Crippen LogP contribution in [0.4, 0.5) is 0 Å². The molecule has 2 rings (SSSR count). The van der Waals surface area contributed by atoms with Crippen LogP contribution in [0.25, 0.3) is 11.3 Å². The Morgan fingerprint density at radius 1 is 1.33 bits per heavy atom. The molecule has 0 saturated carbocycles. The van der Waals surface area contributed by atoms with Crippen molar-refractivity contribution in [3.8, 4) is 11.3 Å². The monoisotopic (exact) mass is 284 g/mol. The molecule has 21 heavy (non-hydrogen) atoms. The summed E-state index contributed by atoms with van der Waals surface area (Å²) in [6.07, 6.45) is 5.48. The number of hydrogen-bond acceptors (Lipinski definition) is 3. The van der Waals surface area contributed by atoms with Gasteiger partial charge in [-0.2, -0.15) is 0 Å². The van der Waals surface area contributed by atoms with Crippen LogP contribution < -0.4 is 5.32 Å². The molecule has 1 heterocycles. The van der Waals surface area contributed by atoms with Crippen molar-refractivity contribution in [2.45, 2.75) is 32.7 Å². The third kappa shape index (κ3) is 4.87. The Bertz CT molecular complexity index is 533. The Morgan fingerprint density at radius 3 is 2.86 bits per heavy atom. The maximum absolute atomic E-state index is 5.37. The van der Waals surface area contributed by atoms with Gasteiger partial charge in [-0.15, -0.1) is 6.58 Å². The van der Waals surface area contributed by atoms with Crippen molar-refractivity contribution in [1.29, 1.82) is 0 Å². The highest BCUT2D eigenvalue weighted by Gasteiger charge is 2.07. The third-order valence-electron chi connectivity index (χ3n) is 3.73. The maximum Gasteiger partial charge on any atom is 0.151 e. The van der Waals surface area contributed by atoms with Gasteiger partial charge < -0.3 is 9.84 Å². The molecule has 1 unspecified atom stereocenters. The molecule has 0 aliphatic rings.